The molecule has 0 bridgehead atoms. The lowest BCUT2D eigenvalue weighted by Gasteiger charge is -2.32. The first-order chi connectivity index (χ1) is 12.2. The number of amides is 2. The Balaban J connectivity index is 1.93. The first kappa shape index (κ1) is 19.1. The Morgan fingerprint density at radius 3 is 3.04 bits per heavy atom. The molecule has 1 aliphatic rings. The summed E-state index contributed by atoms with van der Waals surface area (Å²) in [6.45, 7) is 4.69. The number of carbonyl (C=O) groups is 1. The normalized spacial score (nSPS) is 17.0. The number of anilines is 1. The summed E-state index contributed by atoms with van der Waals surface area (Å²) in [5, 5.41) is 12.1. The predicted molar refractivity (Wildman–Crippen MR) is 96.8 cm³/mol. The molecule has 0 aromatic heterocycles. The van der Waals surface area contributed by atoms with Crippen molar-refractivity contribution in [3.8, 4) is 11.8 Å². The van der Waals surface area contributed by atoms with E-state index < -0.39 is 0 Å². The van der Waals surface area contributed by atoms with E-state index in [0.717, 1.165) is 45.4 Å². The Morgan fingerprint density at radius 2 is 2.32 bits per heavy atom. The van der Waals surface area contributed by atoms with Gasteiger partial charge in [0.1, 0.15) is 11.8 Å². The molecule has 1 aromatic rings. The number of benzene rings is 1. The number of likely N-dealkylation sites (tertiary alicyclic amines) is 1. The van der Waals surface area contributed by atoms with Gasteiger partial charge in [0.15, 0.2) is 0 Å². The van der Waals surface area contributed by atoms with Crippen LogP contribution in [-0.2, 0) is 4.74 Å². The fourth-order valence-electron chi connectivity index (χ4n) is 3.18. The van der Waals surface area contributed by atoms with Crippen molar-refractivity contribution in [1.82, 2.24) is 4.90 Å². The molecule has 0 radical (unpaired) electrons. The van der Waals surface area contributed by atoms with Crippen LogP contribution in [0.25, 0.3) is 0 Å². The molecule has 1 aromatic carbocycles. The van der Waals surface area contributed by atoms with Gasteiger partial charge in [-0.05, 0) is 56.7 Å². The fourth-order valence-corrected chi connectivity index (χ4v) is 3.18. The Hall–Kier alpha value is -2.26. The molecule has 0 unspecified atom stereocenters. The van der Waals surface area contributed by atoms with Gasteiger partial charge in [-0.25, -0.2) is 4.79 Å². The van der Waals surface area contributed by atoms with Crippen molar-refractivity contribution in [3.05, 3.63) is 23.8 Å². The highest BCUT2D eigenvalue weighted by Crippen LogP contribution is 2.24. The van der Waals surface area contributed by atoms with Gasteiger partial charge in [0.2, 0.25) is 0 Å². The van der Waals surface area contributed by atoms with Crippen LogP contribution in [0.2, 0.25) is 0 Å². The second-order valence-electron chi connectivity index (χ2n) is 6.28. The molecule has 1 N–H and O–H groups in total. The molecule has 0 aliphatic carbocycles. The van der Waals surface area contributed by atoms with Gasteiger partial charge >= 0.3 is 6.03 Å². The molecule has 1 fully saturated rings. The van der Waals surface area contributed by atoms with Crippen molar-refractivity contribution >= 4 is 11.7 Å². The average Bonchev–Trinajstić information content (AvgIpc) is 2.63. The second kappa shape index (κ2) is 9.90. The largest absolute Gasteiger partial charge is 0.492 e. The smallest absolute Gasteiger partial charge is 0.321 e. The zero-order valence-electron chi connectivity index (χ0n) is 15.1. The van der Waals surface area contributed by atoms with Crippen LogP contribution < -0.4 is 10.1 Å². The Labute approximate surface area is 149 Å². The summed E-state index contributed by atoms with van der Waals surface area (Å²) in [5.74, 6) is 1.07. The van der Waals surface area contributed by atoms with E-state index in [1.807, 2.05) is 11.8 Å². The third kappa shape index (κ3) is 5.64. The number of urea groups is 1. The van der Waals surface area contributed by atoms with Gasteiger partial charge in [0, 0.05) is 32.5 Å². The SMILES string of the molecule is CCOc1ccc(NC(=O)N2CCC[C@H](CCCOC)C2)cc1C#N. The first-order valence-corrected chi connectivity index (χ1v) is 8.89. The zero-order chi connectivity index (χ0) is 18.1. The molecule has 1 saturated heterocycles. The predicted octanol–water partition coefficient (Wildman–Crippen LogP) is 3.63. The second-order valence-corrected chi connectivity index (χ2v) is 6.28. The van der Waals surface area contributed by atoms with Gasteiger partial charge in [0.25, 0.3) is 0 Å². The standard InChI is InChI=1S/C19H27N3O3/c1-3-25-18-9-8-17(12-16(18)13-20)21-19(23)22-10-4-6-15(14-22)7-5-11-24-2/h8-9,12,15H,3-7,10-11,14H2,1-2H3,(H,21,23)/t15-/m1/s1. The number of carbonyl (C=O) groups excluding carboxylic acids is 1. The van der Waals surface area contributed by atoms with Crippen LogP contribution in [0.1, 0.15) is 38.2 Å². The van der Waals surface area contributed by atoms with E-state index in [2.05, 4.69) is 11.4 Å². The molecule has 25 heavy (non-hydrogen) atoms. The summed E-state index contributed by atoms with van der Waals surface area (Å²) in [5.41, 5.74) is 1.04. The van der Waals surface area contributed by atoms with E-state index in [-0.39, 0.29) is 6.03 Å². The maximum Gasteiger partial charge on any atom is 0.321 e. The Kier molecular flexibility index (Phi) is 7.55. The van der Waals surface area contributed by atoms with E-state index in [9.17, 15) is 10.1 Å². The van der Waals surface area contributed by atoms with Gasteiger partial charge in [-0.1, -0.05) is 0 Å². The van der Waals surface area contributed by atoms with Crippen molar-refractivity contribution in [1.29, 1.82) is 5.26 Å². The van der Waals surface area contributed by atoms with Crippen molar-refractivity contribution in [3.63, 3.8) is 0 Å². The minimum Gasteiger partial charge on any atom is -0.492 e. The molecule has 6 nitrogen and oxygen atoms in total. The number of rotatable bonds is 7. The summed E-state index contributed by atoms with van der Waals surface area (Å²) in [6, 6.07) is 7.15. The fraction of sp³-hybridized carbons (Fsp3) is 0.579. The molecule has 1 heterocycles. The van der Waals surface area contributed by atoms with Crippen LogP contribution in [0.3, 0.4) is 0 Å². The minimum absolute atomic E-state index is 0.107. The summed E-state index contributed by atoms with van der Waals surface area (Å²) in [6.07, 6.45) is 4.30. The van der Waals surface area contributed by atoms with Crippen LogP contribution in [0, 0.1) is 17.2 Å². The van der Waals surface area contributed by atoms with Gasteiger partial charge in [0.05, 0.1) is 12.2 Å². The number of nitriles is 1. The highest BCUT2D eigenvalue weighted by Gasteiger charge is 2.23. The van der Waals surface area contributed by atoms with Crippen molar-refractivity contribution < 1.29 is 14.3 Å². The number of nitrogens with zero attached hydrogens (tertiary/aromatic N) is 2. The molecular formula is C19H27N3O3. The van der Waals surface area contributed by atoms with Crippen molar-refractivity contribution in [2.24, 2.45) is 5.92 Å². The number of piperidine rings is 1. The average molecular weight is 345 g/mol. The summed E-state index contributed by atoms with van der Waals surface area (Å²) >= 11 is 0. The lowest BCUT2D eigenvalue weighted by Crippen LogP contribution is -2.42. The van der Waals surface area contributed by atoms with E-state index in [4.69, 9.17) is 9.47 Å². The lowest BCUT2D eigenvalue weighted by molar-refractivity contribution is 0.156. The van der Waals surface area contributed by atoms with Crippen molar-refractivity contribution in [2.45, 2.75) is 32.6 Å². The Morgan fingerprint density at radius 1 is 1.48 bits per heavy atom. The maximum absolute atomic E-state index is 12.5. The molecular weight excluding hydrogens is 318 g/mol. The van der Waals surface area contributed by atoms with Crippen LogP contribution in [0.4, 0.5) is 10.5 Å². The minimum atomic E-state index is -0.107. The zero-order valence-corrected chi connectivity index (χ0v) is 15.1. The number of nitrogens with one attached hydrogen (secondary N) is 1. The molecule has 1 atom stereocenters. The van der Waals surface area contributed by atoms with Crippen LogP contribution in [0.15, 0.2) is 18.2 Å². The molecule has 2 amide bonds. The number of methoxy groups -OCH3 is 1. The third-order valence-electron chi connectivity index (χ3n) is 4.42. The molecule has 0 spiro atoms. The molecule has 6 heteroatoms. The van der Waals surface area contributed by atoms with E-state index in [0.29, 0.717) is 29.5 Å². The van der Waals surface area contributed by atoms with Gasteiger partial charge in [-0.3, -0.25) is 0 Å². The monoisotopic (exact) mass is 345 g/mol. The number of hydrogen-bond donors (Lipinski definition) is 1. The third-order valence-corrected chi connectivity index (χ3v) is 4.42. The highest BCUT2D eigenvalue weighted by atomic mass is 16.5. The van der Waals surface area contributed by atoms with E-state index in [1.165, 1.54) is 0 Å². The van der Waals surface area contributed by atoms with Gasteiger partial charge in [-0.15, -0.1) is 0 Å². The highest BCUT2D eigenvalue weighted by molar-refractivity contribution is 5.89. The van der Waals surface area contributed by atoms with Crippen LogP contribution in [-0.4, -0.2) is 44.3 Å². The van der Waals surface area contributed by atoms with E-state index in [1.54, 1.807) is 25.3 Å². The van der Waals surface area contributed by atoms with Crippen LogP contribution >= 0.6 is 0 Å². The van der Waals surface area contributed by atoms with Gasteiger partial charge < -0.3 is 19.7 Å². The Bertz CT molecular complexity index is 612. The number of ether oxygens (including phenoxy) is 2. The molecule has 0 saturated carbocycles. The summed E-state index contributed by atoms with van der Waals surface area (Å²) in [7, 11) is 1.72. The van der Waals surface area contributed by atoms with Gasteiger partial charge in [-0.2, -0.15) is 5.26 Å². The quantitative estimate of drug-likeness (QED) is 0.766. The molecule has 1 aliphatic heterocycles. The first-order valence-electron chi connectivity index (χ1n) is 8.89. The topological polar surface area (TPSA) is 74.6 Å². The van der Waals surface area contributed by atoms with Crippen molar-refractivity contribution in [2.75, 3.05) is 38.7 Å². The maximum atomic E-state index is 12.5. The summed E-state index contributed by atoms with van der Waals surface area (Å²) < 4.78 is 10.5. The molecule has 2 rings (SSSR count). The molecule has 136 valence electrons. The number of hydrogen-bond acceptors (Lipinski definition) is 4. The lowest BCUT2D eigenvalue weighted by atomic mass is 9.94. The van der Waals surface area contributed by atoms with Crippen LogP contribution in [0.5, 0.6) is 5.75 Å². The van der Waals surface area contributed by atoms with E-state index >= 15 is 0 Å². The summed E-state index contributed by atoms with van der Waals surface area (Å²) in [4.78, 5) is 14.4.